The van der Waals surface area contributed by atoms with Gasteiger partial charge in [0.15, 0.2) is 0 Å². The van der Waals surface area contributed by atoms with Crippen LogP contribution in [0.2, 0.25) is 0 Å². The number of hydrogen-bond acceptors (Lipinski definition) is 3. The van der Waals surface area contributed by atoms with E-state index in [2.05, 4.69) is 10.6 Å². The summed E-state index contributed by atoms with van der Waals surface area (Å²) < 4.78 is 24.6. The Morgan fingerprint density at radius 3 is 2.64 bits per heavy atom. The van der Waals surface area contributed by atoms with Crippen molar-refractivity contribution in [2.45, 2.75) is 32.7 Å². The molecule has 1 aromatic rings. The van der Waals surface area contributed by atoms with Gasteiger partial charge in [0.25, 0.3) is 0 Å². The summed E-state index contributed by atoms with van der Waals surface area (Å²) in [5.74, 6) is 0. The maximum absolute atomic E-state index is 12.0. The van der Waals surface area contributed by atoms with E-state index in [1.165, 1.54) is 16.1 Å². The highest BCUT2D eigenvalue weighted by Crippen LogP contribution is 2.15. The van der Waals surface area contributed by atoms with Crippen molar-refractivity contribution in [2.75, 3.05) is 24.7 Å². The van der Waals surface area contributed by atoms with E-state index in [4.69, 9.17) is 0 Å². The summed E-state index contributed by atoms with van der Waals surface area (Å²) in [5.41, 5.74) is 3.01. The molecule has 1 aliphatic heterocycles. The number of piperidine rings is 1. The molecule has 122 valence electrons. The van der Waals surface area contributed by atoms with Crippen LogP contribution in [-0.2, 0) is 10.0 Å². The van der Waals surface area contributed by atoms with Crippen molar-refractivity contribution >= 4 is 21.7 Å². The molecule has 0 bridgehead atoms. The van der Waals surface area contributed by atoms with Crippen LogP contribution in [0, 0.1) is 13.8 Å². The lowest BCUT2D eigenvalue weighted by atomic mass is 10.1. The summed E-state index contributed by atoms with van der Waals surface area (Å²) in [4.78, 5) is 12.0. The van der Waals surface area contributed by atoms with Gasteiger partial charge in [0.2, 0.25) is 10.0 Å². The first-order valence-corrected chi connectivity index (χ1v) is 9.20. The molecular formula is C15H23N3O3S. The first-order valence-electron chi connectivity index (χ1n) is 7.35. The van der Waals surface area contributed by atoms with Gasteiger partial charge >= 0.3 is 6.03 Å². The average Bonchev–Trinajstić information content (AvgIpc) is 2.42. The Hall–Kier alpha value is -1.60. The fraction of sp³-hybridized carbons (Fsp3) is 0.533. The second-order valence-electron chi connectivity index (χ2n) is 5.86. The van der Waals surface area contributed by atoms with Gasteiger partial charge in [-0.3, -0.25) is 0 Å². The lowest BCUT2D eigenvalue weighted by Crippen LogP contribution is -2.50. The van der Waals surface area contributed by atoms with Crippen molar-refractivity contribution < 1.29 is 13.2 Å². The third kappa shape index (κ3) is 4.45. The quantitative estimate of drug-likeness (QED) is 0.890. The van der Waals surface area contributed by atoms with E-state index >= 15 is 0 Å². The molecule has 2 N–H and O–H groups in total. The molecule has 0 radical (unpaired) electrons. The van der Waals surface area contributed by atoms with Crippen LogP contribution in [0.4, 0.5) is 10.5 Å². The van der Waals surface area contributed by atoms with Gasteiger partial charge in [-0.1, -0.05) is 6.07 Å². The van der Waals surface area contributed by atoms with Crippen molar-refractivity contribution in [3.8, 4) is 0 Å². The van der Waals surface area contributed by atoms with Crippen molar-refractivity contribution in [3.05, 3.63) is 29.3 Å². The van der Waals surface area contributed by atoms with Crippen LogP contribution in [0.25, 0.3) is 0 Å². The van der Waals surface area contributed by atoms with Crippen LogP contribution in [0.1, 0.15) is 24.0 Å². The SMILES string of the molecule is Cc1ccc(NC(=O)NC2CCCN(S(C)(=O)=O)C2)cc1C. The highest BCUT2D eigenvalue weighted by Gasteiger charge is 2.26. The van der Waals surface area contributed by atoms with E-state index in [0.29, 0.717) is 13.1 Å². The van der Waals surface area contributed by atoms with E-state index < -0.39 is 10.0 Å². The third-order valence-corrected chi connectivity index (χ3v) is 5.22. The van der Waals surface area contributed by atoms with Crippen LogP contribution in [0.5, 0.6) is 0 Å². The second kappa shape index (κ2) is 6.66. The number of hydrogen-bond donors (Lipinski definition) is 2. The number of urea groups is 1. The van der Waals surface area contributed by atoms with Crippen molar-refractivity contribution in [2.24, 2.45) is 0 Å². The van der Waals surface area contributed by atoms with Gasteiger partial charge < -0.3 is 10.6 Å². The zero-order valence-corrected chi connectivity index (χ0v) is 14.0. The zero-order valence-electron chi connectivity index (χ0n) is 13.2. The Morgan fingerprint density at radius 2 is 2.00 bits per heavy atom. The third-order valence-electron chi connectivity index (χ3n) is 3.95. The molecule has 1 saturated heterocycles. The maximum Gasteiger partial charge on any atom is 0.319 e. The van der Waals surface area contributed by atoms with Gasteiger partial charge in [-0.15, -0.1) is 0 Å². The molecule has 1 atom stereocenters. The topological polar surface area (TPSA) is 78.5 Å². The van der Waals surface area contributed by atoms with E-state index in [1.807, 2.05) is 32.0 Å². The Bertz CT molecular complexity index is 658. The molecule has 1 fully saturated rings. The Kier molecular flexibility index (Phi) is 5.08. The van der Waals surface area contributed by atoms with E-state index in [1.54, 1.807) is 0 Å². The molecule has 1 aromatic carbocycles. The Labute approximate surface area is 131 Å². The molecule has 0 spiro atoms. The summed E-state index contributed by atoms with van der Waals surface area (Å²) >= 11 is 0. The smallest absolute Gasteiger partial charge is 0.319 e. The van der Waals surface area contributed by atoms with Gasteiger partial charge in [-0.05, 0) is 49.9 Å². The molecule has 1 unspecified atom stereocenters. The number of sulfonamides is 1. The maximum atomic E-state index is 12.0. The van der Waals surface area contributed by atoms with Crippen LogP contribution < -0.4 is 10.6 Å². The van der Waals surface area contributed by atoms with E-state index in [9.17, 15) is 13.2 Å². The van der Waals surface area contributed by atoms with E-state index in [0.717, 1.165) is 24.1 Å². The van der Waals surface area contributed by atoms with Crippen molar-refractivity contribution in [1.29, 1.82) is 0 Å². The predicted molar refractivity (Wildman–Crippen MR) is 87.5 cm³/mol. The molecule has 1 heterocycles. The second-order valence-corrected chi connectivity index (χ2v) is 7.84. The van der Waals surface area contributed by atoms with E-state index in [-0.39, 0.29) is 12.1 Å². The number of amides is 2. The molecule has 0 saturated carbocycles. The summed E-state index contributed by atoms with van der Waals surface area (Å²) in [6.45, 7) is 4.86. The number of aryl methyl sites for hydroxylation is 2. The van der Waals surface area contributed by atoms with Crippen LogP contribution in [0.15, 0.2) is 18.2 Å². The first-order chi connectivity index (χ1) is 10.3. The summed E-state index contributed by atoms with van der Waals surface area (Å²) in [7, 11) is -3.20. The van der Waals surface area contributed by atoms with Crippen LogP contribution >= 0.6 is 0 Å². The number of nitrogens with zero attached hydrogens (tertiary/aromatic N) is 1. The number of nitrogens with one attached hydrogen (secondary N) is 2. The molecular weight excluding hydrogens is 302 g/mol. The molecule has 2 rings (SSSR count). The predicted octanol–water partition coefficient (Wildman–Crippen LogP) is 1.85. The zero-order chi connectivity index (χ0) is 16.3. The lowest BCUT2D eigenvalue weighted by Gasteiger charge is -2.31. The van der Waals surface area contributed by atoms with Crippen LogP contribution in [0.3, 0.4) is 0 Å². The summed E-state index contributed by atoms with van der Waals surface area (Å²) in [6, 6.07) is 5.26. The highest BCUT2D eigenvalue weighted by molar-refractivity contribution is 7.88. The molecule has 6 nitrogen and oxygen atoms in total. The number of carbonyl (C=O) groups excluding carboxylic acids is 1. The summed E-state index contributed by atoms with van der Waals surface area (Å²) in [6.07, 6.45) is 2.73. The average molecular weight is 325 g/mol. The molecule has 7 heteroatoms. The van der Waals surface area contributed by atoms with Crippen molar-refractivity contribution in [3.63, 3.8) is 0 Å². The first kappa shape index (κ1) is 16.8. The minimum Gasteiger partial charge on any atom is -0.334 e. The number of rotatable bonds is 3. The minimum atomic E-state index is -3.20. The number of benzene rings is 1. The normalized spacial score (nSPS) is 19.7. The number of anilines is 1. The monoisotopic (exact) mass is 325 g/mol. The van der Waals surface area contributed by atoms with Crippen LogP contribution in [-0.4, -0.2) is 44.1 Å². The summed E-state index contributed by atoms with van der Waals surface area (Å²) in [5, 5.41) is 5.64. The molecule has 22 heavy (non-hydrogen) atoms. The fourth-order valence-electron chi connectivity index (χ4n) is 2.53. The van der Waals surface area contributed by atoms with Gasteiger partial charge in [0.05, 0.1) is 6.26 Å². The Morgan fingerprint density at radius 1 is 1.27 bits per heavy atom. The van der Waals surface area contributed by atoms with Gasteiger partial charge in [0.1, 0.15) is 0 Å². The van der Waals surface area contributed by atoms with Gasteiger partial charge in [0, 0.05) is 24.8 Å². The van der Waals surface area contributed by atoms with Crippen molar-refractivity contribution in [1.82, 2.24) is 9.62 Å². The molecule has 0 aromatic heterocycles. The largest absolute Gasteiger partial charge is 0.334 e. The Balaban J connectivity index is 1.92. The van der Waals surface area contributed by atoms with Gasteiger partial charge in [-0.25, -0.2) is 17.5 Å². The fourth-order valence-corrected chi connectivity index (χ4v) is 3.44. The number of carbonyl (C=O) groups is 1. The van der Waals surface area contributed by atoms with Gasteiger partial charge in [-0.2, -0.15) is 0 Å². The molecule has 2 amide bonds. The lowest BCUT2D eigenvalue weighted by molar-refractivity contribution is 0.236. The molecule has 0 aliphatic carbocycles. The standard InChI is InChI=1S/C15H23N3O3S/c1-11-6-7-13(9-12(11)2)16-15(19)17-14-5-4-8-18(10-14)22(3,20)21/h6-7,9,14H,4-5,8,10H2,1-3H3,(H2,16,17,19). The molecule has 1 aliphatic rings. The minimum absolute atomic E-state index is 0.157. The highest BCUT2D eigenvalue weighted by atomic mass is 32.2.